The van der Waals surface area contributed by atoms with E-state index >= 15 is 0 Å². The highest BCUT2D eigenvalue weighted by atomic mass is 16.5. The van der Waals surface area contributed by atoms with Gasteiger partial charge in [0.05, 0.1) is 13.2 Å². The Balaban J connectivity index is 1.60. The van der Waals surface area contributed by atoms with Crippen LogP contribution in [0.4, 0.5) is 0 Å². The molecule has 2 aliphatic rings. The van der Waals surface area contributed by atoms with Crippen LogP contribution in [0.25, 0.3) is 0 Å². The Morgan fingerprint density at radius 1 is 0.810 bits per heavy atom. The molecule has 0 amide bonds. The van der Waals surface area contributed by atoms with Crippen molar-refractivity contribution in [1.29, 1.82) is 0 Å². The van der Waals surface area contributed by atoms with Crippen LogP contribution in [-0.2, 0) is 4.74 Å². The first-order valence-electron chi connectivity index (χ1n) is 9.09. The second kappa shape index (κ2) is 10.5. The molecule has 1 atom stereocenters. The highest BCUT2D eigenvalue weighted by molar-refractivity contribution is 4.68. The normalized spacial score (nSPS) is 24.4. The van der Waals surface area contributed by atoms with Gasteiger partial charge in [0.25, 0.3) is 0 Å². The first-order valence-corrected chi connectivity index (χ1v) is 9.09. The van der Waals surface area contributed by atoms with Crippen molar-refractivity contribution in [1.82, 2.24) is 9.80 Å². The van der Waals surface area contributed by atoms with Gasteiger partial charge in [-0.1, -0.05) is 25.7 Å². The molecule has 1 N–H and O–H groups in total. The highest BCUT2D eigenvalue weighted by Gasteiger charge is 2.19. The van der Waals surface area contributed by atoms with Gasteiger partial charge in [-0.15, -0.1) is 0 Å². The Kier molecular flexibility index (Phi) is 8.64. The van der Waals surface area contributed by atoms with Crippen molar-refractivity contribution in [2.75, 3.05) is 45.9 Å². The zero-order valence-corrected chi connectivity index (χ0v) is 13.6. The number of hydrogen-bond donors (Lipinski definition) is 1. The van der Waals surface area contributed by atoms with Crippen LogP contribution >= 0.6 is 0 Å². The molecule has 21 heavy (non-hydrogen) atoms. The first kappa shape index (κ1) is 17.2. The lowest BCUT2D eigenvalue weighted by molar-refractivity contribution is -0.0873. The predicted octanol–water partition coefficient (Wildman–Crippen LogP) is 2.46. The highest BCUT2D eigenvalue weighted by Crippen LogP contribution is 2.14. The number of aliphatic hydroxyl groups is 1. The van der Waals surface area contributed by atoms with Gasteiger partial charge in [0, 0.05) is 19.6 Å². The molecule has 2 saturated heterocycles. The van der Waals surface area contributed by atoms with Crippen LogP contribution in [-0.4, -0.2) is 67.1 Å². The fourth-order valence-corrected chi connectivity index (χ4v) is 3.52. The Morgan fingerprint density at radius 3 is 1.95 bits per heavy atom. The SMILES string of the molecule is OCC(OCCCN1CCCCCC1)N1CCCCCC1. The molecular weight excluding hydrogens is 264 g/mol. The molecule has 2 aliphatic heterocycles. The maximum Gasteiger partial charge on any atom is 0.133 e. The number of hydrogen-bond acceptors (Lipinski definition) is 4. The quantitative estimate of drug-likeness (QED) is 0.733. The summed E-state index contributed by atoms with van der Waals surface area (Å²) in [7, 11) is 0. The Morgan fingerprint density at radius 2 is 1.38 bits per heavy atom. The van der Waals surface area contributed by atoms with E-state index in [0.717, 1.165) is 32.7 Å². The number of likely N-dealkylation sites (tertiary alicyclic amines) is 2. The van der Waals surface area contributed by atoms with Gasteiger partial charge in [-0.25, -0.2) is 0 Å². The number of nitrogens with zero attached hydrogens (tertiary/aromatic N) is 2. The molecule has 2 fully saturated rings. The van der Waals surface area contributed by atoms with E-state index in [9.17, 15) is 5.11 Å². The summed E-state index contributed by atoms with van der Waals surface area (Å²) in [6, 6.07) is 0. The zero-order chi connectivity index (χ0) is 14.8. The van der Waals surface area contributed by atoms with Gasteiger partial charge < -0.3 is 14.7 Å². The van der Waals surface area contributed by atoms with Crippen molar-refractivity contribution in [3.05, 3.63) is 0 Å². The summed E-state index contributed by atoms with van der Waals surface area (Å²) in [5.74, 6) is 0. The molecule has 2 rings (SSSR count). The van der Waals surface area contributed by atoms with Gasteiger partial charge in [-0.3, -0.25) is 4.90 Å². The molecule has 4 heteroatoms. The van der Waals surface area contributed by atoms with E-state index in [2.05, 4.69) is 9.80 Å². The lowest BCUT2D eigenvalue weighted by Crippen LogP contribution is -2.41. The van der Waals surface area contributed by atoms with Crippen LogP contribution in [0.15, 0.2) is 0 Å². The van der Waals surface area contributed by atoms with Gasteiger partial charge in [-0.2, -0.15) is 0 Å². The van der Waals surface area contributed by atoms with E-state index in [4.69, 9.17) is 4.74 Å². The van der Waals surface area contributed by atoms with Crippen molar-refractivity contribution in [2.45, 2.75) is 64.0 Å². The van der Waals surface area contributed by atoms with Crippen molar-refractivity contribution in [3.63, 3.8) is 0 Å². The maximum absolute atomic E-state index is 9.58. The topological polar surface area (TPSA) is 35.9 Å². The lowest BCUT2D eigenvalue weighted by Gasteiger charge is -2.29. The molecule has 0 aromatic carbocycles. The number of aliphatic hydroxyl groups excluding tert-OH is 1. The van der Waals surface area contributed by atoms with Crippen LogP contribution in [0.5, 0.6) is 0 Å². The monoisotopic (exact) mass is 298 g/mol. The molecule has 0 aliphatic carbocycles. The van der Waals surface area contributed by atoms with Gasteiger partial charge >= 0.3 is 0 Å². The largest absolute Gasteiger partial charge is 0.392 e. The molecule has 0 aromatic rings. The average Bonchev–Trinajstić information content (AvgIpc) is 2.92. The van der Waals surface area contributed by atoms with Crippen molar-refractivity contribution < 1.29 is 9.84 Å². The zero-order valence-electron chi connectivity index (χ0n) is 13.6. The molecule has 1 unspecified atom stereocenters. The summed E-state index contributed by atoms with van der Waals surface area (Å²) in [6.07, 6.45) is 11.6. The minimum atomic E-state index is -0.0766. The van der Waals surface area contributed by atoms with E-state index in [1.54, 1.807) is 0 Å². The summed E-state index contributed by atoms with van der Waals surface area (Å²) < 4.78 is 5.96. The van der Waals surface area contributed by atoms with Crippen molar-refractivity contribution >= 4 is 0 Å². The van der Waals surface area contributed by atoms with E-state index in [1.807, 2.05) is 0 Å². The van der Waals surface area contributed by atoms with Crippen molar-refractivity contribution in [3.8, 4) is 0 Å². The molecule has 0 spiro atoms. The van der Waals surface area contributed by atoms with Crippen LogP contribution in [0, 0.1) is 0 Å². The van der Waals surface area contributed by atoms with Gasteiger partial charge in [0.15, 0.2) is 0 Å². The van der Waals surface area contributed by atoms with Crippen LogP contribution in [0.3, 0.4) is 0 Å². The Bertz CT molecular complexity index is 247. The lowest BCUT2D eigenvalue weighted by atomic mass is 10.2. The summed E-state index contributed by atoms with van der Waals surface area (Å²) >= 11 is 0. The van der Waals surface area contributed by atoms with E-state index in [0.29, 0.717) is 0 Å². The Hall–Kier alpha value is -0.160. The third-order valence-corrected chi connectivity index (χ3v) is 4.83. The second-order valence-corrected chi connectivity index (χ2v) is 6.57. The van der Waals surface area contributed by atoms with Crippen LogP contribution in [0.1, 0.15) is 57.8 Å². The summed E-state index contributed by atoms with van der Waals surface area (Å²) in [4.78, 5) is 4.91. The smallest absolute Gasteiger partial charge is 0.133 e. The summed E-state index contributed by atoms with van der Waals surface area (Å²) in [5, 5.41) is 9.58. The van der Waals surface area contributed by atoms with Gasteiger partial charge in [0.1, 0.15) is 6.23 Å². The third kappa shape index (κ3) is 6.64. The average molecular weight is 298 g/mol. The minimum Gasteiger partial charge on any atom is -0.392 e. The molecule has 0 aromatic heterocycles. The van der Waals surface area contributed by atoms with Gasteiger partial charge in [-0.05, 0) is 45.2 Å². The van der Waals surface area contributed by atoms with E-state index in [1.165, 1.54) is 64.5 Å². The molecule has 0 saturated carbocycles. The van der Waals surface area contributed by atoms with E-state index < -0.39 is 0 Å². The predicted molar refractivity (Wildman–Crippen MR) is 86.4 cm³/mol. The number of ether oxygens (including phenoxy) is 1. The summed E-state index contributed by atoms with van der Waals surface area (Å²) in [5.41, 5.74) is 0. The fraction of sp³-hybridized carbons (Fsp3) is 1.00. The summed E-state index contributed by atoms with van der Waals surface area (Å²) in [6.45, 7) is 6.74. The molecule has 4 nitrogen and oxygen atoms in total. The Labute approximate surface area is 130 Å². The minimum absolute atomic E-state index is 0.0766. The maximum atomic E-state index is 9.58. The standard InChI is InChI=1S/C17H34N2O2/c20-16-17(19-13-7-3-4-8-14-19)21-15-9-12-18-10-5-1-2-6-11-18/h17,20H,1-16H2. The molecule has 0 radical (unpaired) electrons. The van der Waals surface area contributed by atoms with Crippen LogP contribution in [0.2, 0.25) is 0 Å². The molecular formula is C17H34N2O2. The number of rotatable bonds is 7. The first-order chi connectivity index (χ1) is 10.4. The third-order valence-electron chi connectivity index (χ3n) is 4.83. The second-order valence-electron chi connectivity index (χ2n) is 6.57. The van der Waals surface area contributed by atoms with Gasteiger partial charge in [0.2, 0.25) is 0 Å². The van der Waals surface area contributed by atoms with Crippen molar-refractivity contribution in [2.24, 2.45) is 0 Å². The molecule has 124 valence electrons. The van der Waals surface area contributed by atoms with E-state index in [-0.39, 0.29) is 12.8 Å². The van der Waals surface area contributed by atoms with Crippen LogP contribution < -0.4 is 0 Å². The molecule has 2 heterocycles. The molecule has 0 bridgehead atoms. The fourth-order valence-electron chi connectivity index (χ4n) is 3.52.